The van der Waals surface area contributed by atoms with Crippen LogP contribution in [0, 0.1) is 0 Å². The maximum atomic E-state index is 5.51. The summed E-state index contributed by atoms with van der Waals surface area (Å²) >= 11 is 0. The van der Waals surface area contributed by atoms with E-state index in [0.29, 0.717) is 18.6 Å². The smallest absolute Gasteiger partial charge is 0.195 e. The Labute approximate surface area is 103 Å². The molecule has 0 spiro atoms. The molecule has 2 rings (SSSR count). The van der Waals surface area contributed by atoms with Crippen molar-refractivity contribution in [1.82, 2.24) is 9.88 Å². The molecule has 96 valence electrons. The van der Waals surface area contributed by atoms with E-state index >= 15 is 0 Å². The largest absolute Gasteiger partial charge is 0.449 e. The van der Waals surface area contributed by atoms with E-state index in [0.717, 1.165) is 24.4 Å². The highest BCUT2D eigenvalue weighted by Crippen LogP contribution is 2.23. The van der Waals surface area contributed by atoms with Crippen molar-refractivity contribution < 1.29 is 4.42 Å². The van der Waals surface area contributed by atoms with E-state index in [2.05, 4.69) is 23.7 Å². The summed E-state index contributed by atoms with van der Waals surface area (Å²) in [7, 11) is 0. The minimum atomic E-state index is 0.597. The van der Waals surface area contributed by atoms with Gasteiger partial charge in [-0.15, -0.1) is 0 Å². The van der Waals surface area contributed by atoms with Gasteiger partial charge in [0.2, 0.25) is 0 Å². The van der Waals surface area contributed by atoms with Gasteiger partial charge in [-0.1, -0.05) is 0 Å². The molecule has 0 aromatic carbocycles. The molecule has 1 aromatic heterocycles. The van der Waals surface area contributed by atoms with E-state index < -0.39 is 0 Å². The fraction of sp³-hybridized carbons (Fsp3) is 0.769. The maximum Gasteiger partial charge on any atom is 0.195 e. The standard InChI is InChI=1S/C13H23N3O/c1-10(2)16-7-3-4-12(16)8-13-15-11(5-6-14)9-17-13/h9-10,12H,3-8,14H2,1-2H3. The summed E-state index contributed by atoms with van der Waals surface area (Å²) in [6.45, 7) is 6.35. The maximum absolute atomic E-state index is 5.51. The number of rotatable bonds is 5. The zero-order valence-corrected chi connectivity index (χ0v) is 10.9. The molecule has 2 heterocycles. The molecule has 1 aromatic rings. The van der Waals surface area contributed by atoms with E-state index in [1.165, 1.54) is 19.4 Å². The summed E-state index contributed by atoms with van der Waals surface area (Å²) in [4.78, 5) is 7.03. The lowest BCUT2D eigenvalue weighted by molar-refractivity contribution is 0.195. The Bertz CT molecular complexity index is 348. The van der Waals surface area contributed by atoms with Crippen LogP contribution in [-0.4, -0.2) is 35.1 Å². The second-order valence-electron chi connectivity index (χ2n) is 5.10. The van der Waals surface area contributed by atoms with Gasteiger partial charge in [0.15, 0.2) is 5.89 Å². The number of likely N-dealkylation sites (tertiary alicyclic amines) is 1. The molecule has 0 amide bonds. The average Bonchev–Trinajstić information content (AvgIpc) is 2.89. The molecule has 0 bridgehead atoms. The fourth-order valence-corrected chi connectivity index (χ4v) is 2.66. The van der Waals surface area contributed by atoms with Crippen LogP contribution in [-0.2, 0) is 12.8 Å². The molecule has 2 N–H and O–H groups in total. The van der Waals surface area contributed by atoms with Crippen molar-refractivity contribution in [3.63, 3.8) is 0 Å². The Morgan fingerprint density at radius 3 is 3.12 bits per heavy atom. The SMILES string of the molecule is CC(C)N1CCCC1Cc1nc(CCN)co1. The topological polar surface area (TPSA) is 55.3 Å². The molecule has 1 aliphatic heterocycles. The number of oxazole rings is 1. The van der Waals surface area contributed by atoms with Crippen LogP contribution in [0.4, 0.5) is 0 Å². The van der Waals surface area contributed by atoms with Gasteiger partial charge in [-0.2, -0.15) is 0 Å². The molecule has 1 fully saturated rings. The quantitative estimate of drug-likeness (QED) is 0.845. The molecule has 17 heavy (non-hydrogen) atoms. The minimum Gasteiger partial charge on any atom is -0.449 e. The van der Waals surface area contributed by atoms with Crippen LogP contribution in [0.25, 0.3) is 0 Å². The van der Waals surface area contributed by atoms with Gasteiger partial charge in [0.05, 0.1) is 5.69 Å². The van der Waals surface area contributed by atoms with E-state index in [1.54, 1.807) is 6.26 Å². The van der Waals surface area contributed by atoms with Gasteiger partial charge in [0, 0.05) is 24.9 Å². The fourth-order valence-electron chi connectivity index (χ4n) is 2.66. The van der Waals surface area contributed by atoms with Crippen molar-refractivity contribution >= 4 is 0 Å². The average molecular weight is 237 g/mol. The lowest BCUT2D eigenvalue weighted by atomic mass is 10.1. The van der Waals surface area contributed by atoms with Crippen molar-refractivity contribution in [3.05, 3.63) is 17.8 Å². The van der Waals surface area contributed by atoms with Crippen LogP contribution in [0.5, 0.6) is 0 Å². The highest BCUT2D eigenvalue weighted by molar-refractivity contribution is 4.99. The van der Waals surface area contributed by atoms with Crippen molar-refractivity contribution in [2.75, 3.05) is 13.1 Å². The third-order valence-electron chi connectivity index (χ3n) is 3.50. The zero-order valence-electron chi connectivity index (χ0n) is 10.9. The van der Waals surface area contributed by atoms with Crippen molar-refractivity contribution in [2.24, 2.45) is 5.73 Å². The molecule has 0 aliphatic carbocycles. The summed E-state index contributed by atoms with van der Waals surface area (Å²) in [5.41, 5.74) is 6.49. The molecule has 4 heteroatoms. The molecule has 1 saturated heterocycles. The van der Waals surface area contributed by atoms with Gasteiger partial charge in [-0.3, -0.25) is 4.90 Å². The normalized spacial score (nSPS) is 21.5. The second-order valence-corrected chi connectivity index (χ2v) is 5.10. The molecule has 1 atom stereocenters. The van der Waals surface area contributed by atoms with Crippen LogP contribution < -0.4 is 5.73 Å². The van der Waals surface area contributed by atoms with E-state index in [4.69, 9.17) is 10.2 Å². The zero-order chi connectivity index (χ0) is 12.3. The summed E-state index contributed by atoms with van der Waals surface area (Å²) in [5.74, 6) is 0.867. The summed E-state index contributed by atoms with van der Waals surface area (Å²) in [6, 6.07) is 1.21. The summed E-state index contributed by atoms with van der Waals surface area (Å²) in [5, 5.41) is 0. The van der Waals surface area contributed by atoms with E-state index in [1.807, 2.05) is 0 Å². The van der Waals surface area contributed by atoms with Crippen LogP contribution in [0.1, 0.15) is 38.3 Å². The second kappa shape index (κ2) is 5.65. The Hall–Kier alpha value is -0.870. The van der Waals surface area contributed by atoms with Gasteiger partial charge in [-0.05, 0) is 39.8 Å². The molecular weight excluding hydrogens is 214 g/mol. The van der Waals surface area contributed by atoms with Gasteiger partial charge >= 0.3 is 0 Å². The molecule has 0 saturated carbocycles. The van der Waals surface area contributed by atoms with Crippen molar-refractivity contribution in [2.45, 2.75) is 51.6 Å². The first-order valence-corrected chi connectivity index (χ1v) is 6.59. The lowest BCUT2D eigenvalue weighted by Gasteiger charge is -2.27. The van der Waals surface area contributed by atoms with Crippen LogP contribution >= 0.6 is 0 Å². The third-order valence-corrected chi connectivity index (χ3v) is 3.50. The molecule has 4 nitrogen and oxygen atoms in total. The number of nitrogens with two attached hydrogens (primary N) is 1. The molecule has 1 unspecified atom stereocenters. The van der Waals surface area contributed by atoms with Gasteiger partial charge < -0.3 is 10.2 Å². The van der Waals surface area contributed by atoms with Crippen LogP contribution in [0.3, 0.4) is 0 Å². The number of nitrogens with zero attached hydrogens (tertiary/aromatic N) is 2. The first-order valence-electron chi connectivity index (χ1n) is 6.59. The first kappa shape index (κ1) is 12.6. The monoisotopic (exact) mass is 237 g/mol. The van der Waals surface area contributed by atoms with Crippen molar-refractivity contribution in [3.8, 4) is 0 Å². The Kier molecular flexibility index (Phi) is 4.18. The molecule has 0 radical (unpaired) electrons. The molecular formula is C13H23N3O. The third kappa shape index (κ3) is 3.07. The predicted octanol–water partition coefficient (Wildman–Crippen LogP) is 1.59. The highest BCUT2D eigenvalue weighted by Gasteiger charge is 2.27. The minimum absolute atomic E-state index is 0.597. The number of hydrogen-bond acceptors (Lipinski definition) is 4. The van der Waals surface area contributed by atoms with Gasteiger partial charge in [0.25, 0.3) is 0 Å². The number of aromatic nitrogens is 1. The molecule has 1 aliphatic rings. The van der Waals surface area contributed by atoms with Crippen LogP contribution in [0.2, 0.25) is 0 Å². The van der Waals surface area contributed by atoms with E-state index in [9.17, 15) is 0 Å². The Morgan fingerprint density at radius 1 is 1.59 bits per heavy atom. The Morgan fingerprint density at radius 2 is 2.41 bits per heavy atom. The van der Waals surface area contributed by atoms with Gasteiger partial charge in [-0.25, -0.2) is 4.98 Å². The first-order chi connectivity index (χ1) is 8.20. The predicted molar refractivity (Wildman–Crippen MR) is 67.8 cm³/mol. The number of hydrogen-bond donors (Lipinski definition) is 1. The Balaban J connectivity index is 1.95. The lowest BCUT2D eigenvalue weighted by Crippen LogP contribution is -2.36. The highest BCUT2D eigenvalue weighted by atomic mass is 16.3. The summed E-state index contributed by atoms with van der Waals surface area (Å²) in [6.07, 6.45) is 6.04. The van der Waals surface area contributed by atoms with Crippen LogP contribution in [0.15, 0.2) is 10.7 Å². The van der Waals surface area contributed by atoms with E-state index in [-0.39, 0.29) is 0 Å². The van der Waals surface area contributed by atoms with Crippen molar-refractivity contribution in [1.29, 1.82) is 0 Å². The summed E-state index contributed by atoms with van der Waals surface area (Å²) < 4.78 is 5.51. The van der Waals surface area contributed by atoms with Gasteiger partial charge in [0.1, 0.15) is 6.26 Å².